The molecule has 2 saturated heterocycles. The molecule has 8 nitrogen and oxygen atoms in total. The summed E-state index contributed by atoms with van der Waals surface area (Å²) >= 11 is 6.62. The third-order valence-electron chi connectivity index (χ3n) is 9.03. The topological polar surface area (TPSA) is 79.4 Å². The molecule has 0 N–H and O–H groups in total. The van der Waals surface area contributed by atoms with Crippen LogP contribution in [0.2, 0.25) is 5.02 Å². The van der Waals surface area contributed by atoms with Gasteiger partial charge in [0, 0.05) is 37.3 Å². The highest BCUT2D eigenvalue weighted by Crippen LogP contribution is 2.53. The van der Waals surface area contributed by atoms with E-state index in [1.54, 1.807) is 36.4 Å². The minimum absolute atomic E-state index is 0.0924. The monoisotopic (exact) mass is 641 g/mol. The number of benzene rings is 3. The fourth-order valence-corrected chi connectivity index (χ4v) is 8.68. The summed E-state index contributed by atoms with van der Waals surface area (Å²) in [6.07, 6.45) is 1.75. The Morgan fingerprint density at radius 3 is 2.50 bits per heavy atom. The Hall–Kier alpha value is -3.18. The Morgan fingerprint density at radius 2 is 1.80 bits per heavy atom. The summed E-state index contributed by atoms with van der Waals surface area (Å²) in [5.41, 5.74) is -1.06. The molecule has 3 aromatic carbocycles. The van der Waals surface area contributed by atoms with Crippen LogP contribution in [0.5, 0.6) is 11.5 Å². The number of hydrogen-bond acceptors (Lipinski definition) is 7. The smallest absolute Gasteiger partial charge is 0.270 e. The van der Waals surface area contributed by atoms with Crippen molar-refractivity contribution in [3.05, 3.63) is 82.6 Å². The molecule has 234 valence electrons. The Balaban J connectivity index is 1.45. The van der Waals surface area contributed by atoms with Gasteiger partial charge in [-0.1, -0.05) is 29.8 Å². The number of hydrogen-bond donors (Lipinski definition) is 0. The molecule has 0 radical (unpaired) electrons. The highest BCUT2D eigenvalue weighted by atomic mass is 35.5. The first-order valence-corrected chi connectivity index (χ1v) is 16.8. The number of sulfonamides is 1. The first-order valence-electron chi connectivity index (χ1n) is 15.0. The summed E-state index contributed by atoms with van der Waals surface area (Å²) in [5, 5.41) is 0.205. The van der Waals surface area contributed by atoms with Crippen LogP contribution in [0.3, 0.4) is 0 Å². The molecule has 0 spiro atoms. The zero-order valence-corrected chi connectivity index (χ0v) is 26.7. The van der Waals surface area contributed by atoms with Crippen LogP contribution in [-0.4, -0.2) is 76.1 Å². The first kappa shape index (κ1) is 30.8. The molecule has 3 atom stereocenters. The summed E-state index contributed by atoms with van der Waals surface area (Å²) in [6, 6.07) is 15.5. The van der Waals surface area contributed by atoms with E-state index in [9.17, 15) is 13.2 Å². The van der Waals surface area contributed by atoms with E-state index in [-0.39, 0.29) is 39.4 Å². The number of rotatable bonds is 10. The number of amides is 1. The maximum Gasteiger partial charge on any atom is 0.270 e. The lowest BCUT2D eigenvalue weighted by molar-refractivity contribution is -0.121. The molecule has 44 heavy (non-hydrogen) atoms. The van der Waals surface area contributed by atoms with Gasteiger partial charge in [-0.2, -0.15) is 0 Å². The molecule has 0 aromatic heterocycles. The van der Waals surface area contributed by atoms with Gasteiger partial charge >= 0.3 is 0 Å². The number of piperazine rings is 1. The third kappa shape index (κ3) is 5.25. The van der Waals surface area contributed by atoms with Crippen molar-refractivity contribution in [2.45, 2.75) is 55.6 Å². The lowest BCUT2D eigenvalue weighted by atomic mass is 9.71. The minimum Gasteiger partial charge on any atom is -0.495 e. The minimum atomic E-state index is -4.44. The lowest BCUT2D eigenvalue weighted by Crippen LogP contribution is -2.48. The molecule has 3 aliphatic rings. The van der Waals surface area contributed by atoms with Crippen molar-refractivity contribution in [2.75, 3.05) is 44.1 Å². The molecule has 3 heterocycles. The van der Waals surface area contributed by atoms with E-state index in [2.05, 4.69) is 9.80 Å². The molecule has 2 unspecified atom stereocenters. The quantitative estimate of drug-likeness (QED) is 0.291. The van der Waals surface area contributed by atoms with Gasteiger partial charge in [0.1, 0.15) is 22.7 Å². The van der Waals surface area contributed by atoms with Crippen molar-refractivity contribution in [1.82, 2.24) is 9.80 Å². The number of fused-ring (bicyclic) bond motifs is 3. The van der Waals surface area contributed by atoms with Gasteiger partial charge in [0.15, 0.2) is 0 Å². The van der Waals surface area contributed by atoms with Gasteiger partial charge in [-0.15, -0.1) is 0 Å². The van der Waals surface area contributed by atoms with Gasteiger partial charge in [-0.3, -0.25) is 9.69 Å². The van der Waals surface area contributed by atoms with Crippen molar-refractivity contribution in [3.63, 3.8) is 0 Å². The maximum atomic E-state index is 15.8. The number of carbonyl (C=O) groups excluding carboxylic acids is 1. The fourth-order valence-electron chi connectivity index (χ4n) is 6.96. The summed E-state index contributed by atoms with van der Waals surface area (Å²) in [4.78, 5) is 19.6. The van der Waals surface area contributed by atoms with E-state index in [0.717, 1.165) is 36.9 Å². The van der Waals surface area contributed by atoms with Crippen LogP contribution in [0.1, 0.15) is 44.2 Å². The van der Waals surface area contributed by atoms with Crippen LogP contribution in [0, 0.1) is 5.82 Å². The number of ether oxygens (including phenoxy) is 2. The Bertz CT molecular complexity index is 1670. The third-order valence-corrected chi connectivity index (χ3v) is 11.0. The summed E-state index contributed by atoms with van der Waals surface area (Å²) in [6.45, 7) is 8.51. The molecule has 3 aliphatic heterocycles. The number of carbonyl (C=O) groups is 1. The van der Waals surface area contributed by atoms with Crippen molar-refractivity contribution in [3.8, 4) is 11.5 Å². The van der Waals surface area contributed by atoms with Gasteiger partial charge in [0.05, 0.1) is 28.8 Å². The van der Waals surface area contributed by atoms with Crippen molar-refractivity contribution in [2.24, 2.45) is 0 Å². The largest absolute Gasteiger partial charge is 0.495 e. The van der Waals surface area contributed by atoms with Crippen molar-refractivity contribution < 1.29 is 27.1 Å². The molecular weight excluding hydrogens is 605 g/mol. The Kier molecular flexibility index (Phi) is 8.38. The number of nitrogens with zero attached hydrogens (tertiary/aromatic N) is 3. The summed E-state index contributed by atoms with van der Waals surface area (Å²) in [5.74, 6) is -0.611. The van der Waals surface area contributed by atoms with Crippen LogP contribution in [0.4, 0.5) is 10.1 Å². The van der Waals surface area contributed by atoms with Crippen LogP contribution in [0.15, 0.2) is 65.6 Å². The number of halogens is 2. The molecule has 0 aliphatic carbocycles. The van der Waals surface area contributed by atoms with Gasteiger partial charge in [0.2, 0.25) is 0 Å². The van der Waals surface area contributed by atoms with Gasteiger partial charge in [-0.25, -0.2) is 17.1 Å². The van der Waals surface area contributed by atoms with Crippen LogP contribution >= 0.6 is 11.6 Å². The van der Waals surface area contributed by atoms with E-state index in [1.807, 2.05) is 13.8 Å². The lowest BCUT2D eigenvalue weighted by Gasteiger charge is -2.35. The second-order valence-electron chi connectivity index (χ2n) is 12.0. The first-order chi connectivity index (χ1) is 21.1. The van der Waals surface area contributed by atoms with E-state index in [1.165, 1.54) is 31.4 Å². The van der Waals surface area contributed by atoms with Gasteiger partial charge in [-0.05, 0) is 88.2 Å². The summed E-state index contributed by atoms with van der Waals surface area (Å²) < 4.78 is 56.4. The zero-order chi connectivity index (χ0) is 31.2. The molecule has 1 amide bonds. The fraction of sp³-hybridized carbons (Fsp3) is 0.424. The Morgan fingerprint density at radius 1 is 1.05 bits per heavy atom. The molecule has 0 saturated carbocycles. The molecule has 2 fully saturated rings. The normalized spacial score (nSPS) is 23.3. The maximum absolute atomic E-state index is 15.8. The molecule has 6 rings (SSSR count). The molecular formula is C33H37ClFN3O5S. The second kappa shape index (κ2) is 12.0. The van der Waals surface area contributed by atoms with Gasteiger partial charge < -0.3 is 14.4 Å². The van der Waals surface area contributed by atoms with E-state index in [0.29, 0.717) is 30.3 Å². The van der Waals surface area contributed by atoms with E-state index in [4.69, 9.17) is 21.1 Å². The predicted octanol–water partition coefficient (Wildman–Crippen LogP) is 5.47. The second-order valence-corrected chi connectivity index (χ2v) is 14.2. The molecule has 2 bridgehead atoms. The van der Waals surface area contributed by atoms with Crippen molar-refractivity contribution >= 4 is 33.2 Å². The average Bonchev–Trinajstić information content (AvgIpc) is 3.49. The Labute approximate surface area is 263 Å². The highest BCUT2D eigenvalue weighted by molar-refractivity contribution is 7.93. The van der Waals surface area contributed by atoms with Gasteiger partial charge in [0.25, 0.3) is 15.9 Å². The average molecular weight is 642 g/mol. The highest BCUT2D eigenvalue weighted by Gasteiger charge is 2.57. The summed E-state index contributed by atoms with van der Waals surface area (Å²) in [7, 11) is -3.02. The molecule has 3 aromatic rings. The zero-order valence-electron chi connectivity index (χ0n) is 25.1. The van der Waals surface area contributed by atoms with Crippen LogP contribution < -0.4 is 13.8 Å². The van der Waals surface area contributed by atoms with E-state index >= 15 is 4.39 Å². The number of methoxy groups -OCH3 is 1. The van der Waals surface area contributed by atoms with Crippen molar-refractivity contribution in [1.29, 1.82) is 0 Å². The standard InChI is InChI=1S/C33H37ClFN3O5S/c1-22(2)43-24-9-11-25(12-10-24)44(40,41)38-30-20-31(42-3)28(34)19-27(30)33(32(38)39,26-7-4-5-8-29(26)35)14-6-15-37-18-17-36-16-13-23(37)21-36/h4-5,7-12,19-20,22-23H,6,13-18,21H2,1-3H3/t23-,33?/m0/s1. The predicted molar refractivity (Wildman–Crippen MR) is 168 cm³/mol. The molecule has 11 heteroatoms. The van der Waals surface area contributed by atoms with Crippen LogP contribution in [0.25, 0.3) is 0 Å². The van der Waals surface area contributed by atoms with Crippen LogP contribution in [-0.2, 0) is 20.2 Å². The number of anilines is 1. The SMILES string of the molecule is COc1cc2c(cc1Cl)C(CCCN1CCN3CC[C@H]1C3)(c1ccccc1F)C(=O)N2S(=O)(=O)c1ccc(OC(C)C)cc1. The van der Waals surface area contributed by atoms with E-state index < -0.39 is 27.2 Å².